The van der Waals surface area contributed by atoms with Crippen LogP contribution in [0.4, 0.5) is 15.8 Å². The van der Waals surface area contributed by atoms with Crippen LogP contribution in [-0.2, 0) is 22.6 Å². The molecule has 0 saturated carbocycles. The molecule has 8 nitrogen and oxygen atoms in total. The van der Waals surface area contributed by atoms with Crippen molar-refractivity contribution >= 4 is 23.2 Å². The number of ether oxygens (including phenoxy) is 1. The molecular formula is C25H26FN5O3. The third-order valence-corrected chi connectivity index (χ3v) is 6.47. The Kier molecular flexibility index (Phi) is 6.00. The predicted octanol–water partition coefficient (Wildman–Crippen LogP) is 3.81. The fraction of sp³-hybridized carbons (Fsp3) is 0.360. The monoisotopic (exact) mass is 463 g/mol. The third kappa shape index (κ3) is 4.25. The molecule has 34 heavy (non-hydrogen) atoms. The maximum atomic E-state index is 14.6. The Bertz CT molecular complexity index is 1220. The molecule has 0 bridgehead atoms. The Morgan fingerprint density at radius 2 is 1.94 bits per heavy atom. The number of nitrogens with zero attached hydrogens (tertiary/aromatic N) is 4. The van der Waals surface area contributed by atoms with Gasteiger partial charge in [-0.3, -0.25) is 9.59 Å². The van der Waals surface area contributed by atoms with Crippen molar-refractivity contribution in [2.45, 2.75) is 38.6 Å². The highest BCUT2D eigenvalue weighted by atomic mass is 19.1. The summed E-state index contributed by atoms with van der Waals surface area (Å²) < 4.78 is 21.8. The number of benzene rings is 2. The lowest BCUT2D eigenvalue weighted by Crippen LogP contribution is -2.28. The van der Waals surface area contributed by atoms with Gasteiger partial charge in [0.05, 0.1) is 18.7 Å². The molecule has 2 amide bonds. The fourth-order valence-electron chi connectivity index (χ4n) is 4.59. The topological polar surface area (TPSA) is 89.3 Å². The highest BCUT2D eigenvalue weighted by molar-refractivity contribution is 6.03. The zero-order valence-corrected chi connectivity index (χ0v) is 19.0. The van der Waals surface area contributed by atoms with Crippen molar-refractivity contribution in [3.63, 3.8) is 0 Å². The molecule has 5 rings (SSSR count). The molecule has 0 spiro atoms. The second-order valence-electron chi connectivity index (χ2n) is 8.69. The number of hydrogen-bond acceptors (Lipinski definition) is 5. The summed E-state index contributed by atoms with van der Waals surface area (Å²) in [5, 5.41) is 11.3. The quantitative estimate of drug-likeness (QED) is 0.622. The molecule has 176 valence electrons. The van der Waals surface area contributed by atoms with E-state index >= 15 is 0 Å². The lowest BCUT2D eigenvalue weighted by atomic mass is 10.1. The summed E-state index contributed by atoms with van der Waals surface area (Å²) in [6.07, 6.45) is 4.20. The molecule has 3 heterocycles. The van der Waals surface area contributed by atoms with Gasteiger partial charge in [0, 0.05) is 37.2 Å². The van der Waals surface area contributed by atoms with Gasteiger partial charge in [-0.25, -0.2) is 4.39 Å². The number of aryl methyl sites for hydroxylation is 1. The van der Waals surface area contributed by atoms with Crippen LogP contribution in [0.5, 0.6) is 5.75 Å². The lowest BCUT2D eigenvalue weighted by molar-refractivity contribution is -0.122. The van der Waals surface area contributed by atoms with E-state index in [0.29, 0.717) is 22.8 Å². The maximum absolute atomic E-state index is 14.6. The zero-order valence-electron chi connectivity index (χ0n) is 19.0. The number of nitrogens with one attached hydrogen (secondary N) is 1. The summed E-state index contributed by atoms with van der Waals surface area (Å²) in [7, 11) is 1.57. The zero-order chi connectivity index (χ0) is 23.7. The number of hydrogen-bond donors (Lipinski definition) is 1. The van der Waals surface area contributed by atoms with E-state index in [4.69, 9.17) is 4.74 Å². The number of anilines is 2. The molecule has 9 heteroatoms. The van der Waals surface area contributed by atoms with E-state index in [9.17, 15) is 14.0 Å². The van der Waals surface area contributed by atoms with Gasteiger partial charge in [0.15, 0.2) is 5.82 Å². The van der Waals surface area contributed by atoms with Gasteiger partial charge in [-0.05, 0) is 55.3 Å². The number of fused-ring (bicyclic) bond motifs is 1. The molecule has 2 aromatic carbocycles. The van der Waals surface area contributed by atoms with E-state index in [1.807, 2.05) is 0 Å². The van der Waals surface area contributed by atoms with Crippen molar-refractivity contribution in [3.8, 4) is 17.1 Å². The third-order valence-electron chi connectivity index (χ3n) is 6.47. The predicted molar refractivity (Wildman–Crippen MR) is 125 cm³/mol. The van der Waals surface area contributed by atoms with E-state index in [0.717, 1.165) is 38.1 Å². The van der Waals surface area contributed by atoms with Gasteiger partial charge in [0.1, 0.15) is 17.4 Å². The first-order chi connectivity index (χ1) is 16.5. The van der Waals surface area contributed by atoms with Crippen LogP contribution in [0.3, 0.4) is 0 Å². The van der Waals surface area contributed by atoms with Crippen molar-refractivity contribution in [1.29, 1.82) is 0 Å². The summed E-state index contributed by atoms with van der Waals surface area (Å²) in [5.41, 5.74) is 1.46. The maximum Gasteiger partial charge on any atom is 0.229 e. The van der Waals surface area contributed by atoms with E-state index in [1.54, 1.807) is 48.4 Å². The summed E-state index contributed by atoms with van der Waals surface area (Å²) >= 11 is 0. The average molecular weight is 464 g/mol. The summed E-state index contributed by atoms with van der Waals surface area (Å²) in [6, 6.07) is 11.7. The first kappa shape index (κ1) is 22.1. The molecular weight excluding hydrogens is 437 g/mol. The van der Waals surface area contributed by atoms with E-state index in [2.05, 4.69) is 20.1 Å². The molecule has 1 fully saturated rings. The summed E-state index contributed by atoms with van der Waals surface area (Å²) in [5.74, 6) is 0.640. The van der Waals surface area contributed by atoms with Gasteiger partial charge in [-0.15, -0.1) is 10.2 Å². The molecule has 3 aromatic rings. The molecule has 1 unspecified atom stereocenters. The van der Waals surface area contributed by atoms with Crippen molar-refractivity contribution in [1.82, 2.24) is 14.8 Å². The van der Waals surface area contributed by atoms with Crippen LogP contribution in [0.2, 0.25) is 0 Å². The molecule has 1 N–H and O–H groups in total. The van der Waals surface area contributed by atoms with Gasteiger partial charge in [0.2, 0.25) is 11.8 Å². The lowest BCUT2D eigenvalue weighted by Gasteiger charge is -2.17. The number of methoxy groups -OCH3 is 1. The Hall–Kier alpha value is -3.75. The average Bonchev–Trinajstić information content (AvgIpc) is 3.36. The van der Waals surface area contributed by atoms with Crippen LogP contribution in [0.1, 0.15) is 31.5 Å². The largest absolute Gasteiger partial charge is 0.497 e. The standard InChI is InChI=1S/C25H26FN5O3/c1-34-19-9-7-18(8-10-19)31-15-17(14-23(31)32)25(33)27-21-13-16(6-11-20(21)26)24-29-28-22-5-3-2-4-12-30(22)24/h6-11,13,17H,2-5,12,14-15H2,1H3,(H,27,33). The second-order valence-corrected chi connectivity index (χ2v) is 8.69. The fourth-order valence-corrected chi connectivity index (χ4v) is 4.59. The minimum atomic E-state index is -0.581. The van der Waals surface area contributed by atoms with Crippen molar-refractivity contribution < 1.29 is 18.7 Å². The van der Waals surface area contributed by atoms with Crippen LogP contribution in [0.25, 0.3) is 11.4 Å². The van der Waals surface area contributed by atoms with E-state index in [-0.39, 0.29) is 30.5 Å². The Morgan fingerprint density at radius 1 is 1.12 bits per heavy atom. The Balaban J connectivity index is 1.32. The molecule has 2 aliphatic heterocycles. The van der Waals surface area contributed by atoms with Crippen LogP contribution in [-0.4, -0.2) is 40.2 Å². The number of aromatic nitrogens is 3. The molecule has 0 aliphatic carbocycles. The first-order valence-corrected chi connectivity index (χ1v) is 11.5. The highest BCUT2D eigenvalue weighted by Gasteiger charge is 2.35. The smallest absolute Gasteiger partial charge is 0.229 e. The van der Waals surface area contributed by atoms with Crippen molar-refractivity contribution in [3.05, 3.63) is 54.1 Å². The van der Waals surface area contributed by atoms with Crippen LogP contribution >= 0.6 is 0 Å². The number of amides is 2. The highest BCUT2D eigenvalue weighted by Crippen LogP contribution is 2.30. The minimum absolute atomic E-state index is 0.0663. The molecule has 1 aromatic heterocycles. The Morgan fingerprint density at radius 3 is 2.74 bits per heavy atom. The van der Waals surface area contributed by atoms with Crippen LogP contribution in [0, 0.1) is 11.7 Å². The molecule has 1 atom stereocenters. The van der Waals surface area contributed by atoms with Crippen LogP contribution in [0.15, 0.2) is 42.5 Å². The number of carbonyl (C=O) groups excluding carboxylic acids is 2. The molecule has 0 radical (unpaired) electrons. The summed E-state index contributed by atoms with van der Waals surface area (Å²) in [4.78, 5) is 27.1. The van der Waals surface area contributed by atoms with Crippen molar-refractivity contribution in [2.24, 2.45) is 5.92 Å². The second kappa shape index (κ2) is 9.24. The van der Waals surface area contributed by atoms with Gasteiger partial charge in [-0.2, -0.15) is 0 Å². The normalized spacial score (nSPS) is 17.9. The molecule has 1 saturated heterocycles. The summed E-state index contributed by atoms with van der Waals surface area (Å²) in [6.45, 7) is 1.05. The number of halogens is 1. The first-order valence-electron chi connectivity index (χ1n) is 11.5. The Labute approximate surface area is 196 Å². The van der Waals surface area contributed by atoms with Crippen molar-refractivity contribution in [2.75, 3.05) is 23.9 Å². The number of rotatable bonds is 5. The van der Waals surface area contributed by atoms with Gasteiger partial charge in [-0.1, -0.05) is 6.42 Å². The minimum Gasteiger partial charge on any atom is -0.497 e. The van der Waals surface area contributed by atoms with E-state index in [1.165, 1.54) is 6.07 Å². The van der Waals surface area contributed by atoms with Gasteiger partial charge >= 0.3 is 0 Å². The van der Waals surface area contributed by atoms with E-state index < -0.39 is 11.7 Å². The van der Waals surface area contributed by atoms with Gasteiger partial charge in [0.25, 0.3) is 0 Å². The molecule has 2 aliphatic rings. The number of carbonyl (C=O) groups is 2. The van der Waals surface area contributed by atoms with Crippen LogP contribution < -0.4 is 15.0 Å². The van der Waals surface area contributed by atoms with Gasteiger partial charge < -0.3 is 19.5 Å². The SMILES string of the molecule is COc1ccc(N2CC(C(=O)Nc3cc(-c4nnc5n4CCCCC5)ccc3F)CC2=O)cc1.